The van der Waals surface area contributed by atoms with E-state index >= 15 is 0 Å². The number of carbonyl (C=O) groups is 1. The van der Waals surface area contributed by atoms with Gasteiger partial charge in [-0.3, -0.25) is 4.52 Å². The minimum Gasteiger partial charge on any atom is -0.297 e. The van der Waals surface area contributed by atoms with Crippen molar-refractivity contribution in [1.82, 2.24) is 0 Å². The summed E-state index contributed by atoms with van der Waals surface area (Å²) in [6.45, 7) is 3.70. The first-order valence-corrected chi connectivity index (χ1v) is 11.2. The average molecular weight is 377 g/mol. The van der Waals surface area contributed by atoms with Gasteiger partial charge < -0.3 is 0 Å². The first kappa shape index (κ1) is 19.3. The monoisotopic (exact) mass is 377 g/mol. The maximum Gasteiger partial charge on any atom is 0.348 e. The van der Waals surface area contributed by atoms with E-state index in [1.807, 2.05) is 36.4 Å². The second-order valence-electron chi connectivity index (χ2n) is 6.63. The van der Waals surface area contributed by atoms with E-state index < -0.39 is 7.49 Å². The molecule has 0 spiro atoms. The van der Waals surface area contributed by atoms with Gasteiger partial charge in [-0.25, -0.2) is 4.79 Å². The lowest BCUT2D eigenvalue weighted by atomic mass is 10.1. The average Bonchev–Trinajstić information content (AvgIpc) is 2.72. The van der Waals surface area contributed by atoms with Crippen LogP contribution in [0.2, 0.25) is 0 Å². The molecule has 27 heavy (non-hydrogen) atoms. The zero-order valence-corrected chi connectivity index (χ0v) is 16.9. The SMILES string of the molecule is CCCCc1ccc([P+](OC(C)=O)(c2ccccc2)c2ccccc2)cc1. The summed E-state index contributed by atoms with van der Waals surface area (Å²) in [6.07, 6.45) is 3.44. The number of unbranched alkanes of at least 4 members (excludes halogenated alkanes) is 1. The predicted molar refractivity (Wildman–Crippen MR) is 116 cm³/mol. The van der Waals surface area contributed by atoms with Crippen LogP contribution < -0.4 is 15.9 Å². The van der Waals surface area contributed by atoms with E-state index in [0.29, 0.717) is 0 Å². The Morgan fingerprint density at radius 1 is 0.778 bits per heavy atom. The molecule has 0 heterocycles. The molecule has 0 atom stereocenters. The summed E-state index contributed by atoms with van der Waals surface area (Å²) in [6, 6.07) is 28.9. The summed E-state index contributed by atoms with van der Waals surface area (Å²) in [5, 5.41) is 3.16. The molecule has 0 aliphatic heterocycles. The molecule has 0 unspecified atom stereocenters. The van der Waals surface area contributed by atoms with Gasteiger partial charge in [0.1, 0.15) is 15.9 Å². The number of carbonyl (C=O) groups excluding carboxylic acids is 1. The molecule has 3 aromatic carbocycles. The van der Waals surface area contributed by atoms with Crippen LogP contribution in [0.25, 0.3) is 0 Å². The van der Waals surface area contributed by atoms with Gasteiger partial charge in [-0.1, -0.05) is 61.9 Å². The minimum atomic E-state index is -2.50. The normalized spacial score (nSPS) is 11.2. The number of hydrogen-bond acceptors (Lipinski definition) is 2. The fourth-order valence-corrected chi connectivity index (χ4v) is 6.68. The van der Waals surface area contributed by atoms with Gasteiger partial charge in [-0.15, -0.1) is 0 Å². The third-order valence-corrected chi connectivity index (χ3v) is 8.23. The van der Waals surface area contributed by atoms with Crippen LogP contribution in [0.1, 0.15) is 32.3 Å². The van der Waals surface area contributed by atoms with Crippen molar-refractivity contribution in [3.63, 3.8) is 0 Å². The zero-order valence-electron chi connectivity index (χ0n) is 16.0. The molecule has 0 aromatic heterocycles. The molecule has 2 nitrogen and oxygen atoms in total. The molecular formula is C24H26O2P+. The van der Waals surface area contributed by atoms with Crippen LogP contribution in [0.3, 0.4) is 0 Å². The van der Waals surface area contributed by atoms with Gasteiger partial charge in [0.15, 0.2) is 0 Å². The summed E-state index contributed by atoms with van der Waals surface area (Å²) in [5.41, 5.74) is 1.32. The van der Waals surface area contributed by atoms with Gasteiger partial charge in [0.05, 0.1) is 0 Å². The van der Waals surface area contributed by atoms with Crippen LogP contribution in [-0.2, 0) is 15.7 Å². The topological polar surface area (TPSA) is 26.3 Å². The Balaban J connectivity index is 2.18. The van der Waals surface area contributed by atoms with Crippen molar-refractivity contribution in [3.05, 3.63) is 90.5 Å². The zero-order chi connectivity index (χ0) is 19.1. The molecule has 0 aliphatic carbocycles. The van der Waals surface area contributed by atoms with Gasteiger partial charge in [0, 0.05) is 6.92 Å². The van der Waals surface area contributed by atoms with Crippen LogP contribution >= 0.6 is 7.49 Å². The fraction of sp³-hybridized carbons (Fsp3) is 0.208. The summed E-state index contributed by atoms with van der Waals surface area (Å²) >= 11 is 0. The van der Waals surface area contributed by atoms with E-state index in [4.69, 9.17) is 4.52 Å². The number of benzene rings is 3. The van der Waals surface area contributed by atoms with Gasteiger partial charge in [0.25, 0.3) is 7.49 Å². The lowest BCUT2D eigenvalue weighted by molar-refractivity contribution is -0.131. The van der Waals surface area contributed by atoms with Crippen LogP contribution in [0.5, 0.6) is 0 Å². The summed E-state index contributed by atoms with van der Waals surface area (Å²) < 4.78 is 6.19. The number of aryl methyl sites for hydroxylation is 1. The first-order chi connectivity index (χ1) is 13.2. The van der Waals surface area contributed by atoms with Gasteiger partial charge in [-0.05, 0) is 54.8 Å². The third kappa shape index (κ3) is 4.28. The van der Waals surface area contributed by atoms with Crippen LogP contribution in [0, 0.1) is 0 Å². The van der Waals surface area contributed by atoms with Gasteiger partial charge in [-0.2, -0.15) is 0 Å². The number of hydrogen-bond donors (Lipinski definition) is 0. The minimum absolute atomic E-state index is 0.258. The van der Waals surface area contributed by atoms with Crippen molar-refractivity contribution in [3.8, 4) is 0 Å². The van der Waals surface area contributed by atoms with Crippen molar-refractivity contribution in [2.75, 3.05) is 0 Å². The maximum atomic E-state index is 12.2. The molecule has 138 valence electrons. The van der Waals surface area contributed by atoms with Gasteiger partial charge >= 0.3 is 5.97 Å². The molecular weight excluding hydrogens is 351 g/mol. The molecule has 0 saturated heterocycles. The van der Waals surface area contributed by atoms with Crippen LogP contribution in [0.4, 0.5) is 0 Å². The van der Waals surface area contributed by atoms with Gasteiger partial charge in [0.2, 0.25) is 0 Å². The Labute approximate surface area is 162 Å². The molecule has 0 bridgehead atoms. The van der Waals surface area contributed by atoms with Crippen molar-refractivity contribution < 1.29 is 9.32 Å². The molecule has 3 aromatic rings. The van der Waals surface area contributed by atoms with Crippen molar-refractivity contribution in [2.24, 2.45) is 0 Å². The van der Waals surface area contributed by atoms with Crippen LogP contribution in [0.15, 0.2) is 84.9 Å². The largest absolute Gasteiger partial charge is 0.348 e. The molecule has 3 rings (SSSR count). The highest BCUT2D eigenvalue weighted by molar-refractivity contribution is 7.92. The van der Waals surface area contributed by atoms with E-state index in [0.717, 1.165) is 22.3 Å². The summed E-state index contributed by atoms with van der Waals surface area (Å²) in [7, 11) is -2.50. The lowest BCUT2D eigenvalue weighted by Gasteiger charge is -2.24. The highest BCUT2D eigenvalue weighted by Gasteiger charge is 2.50. The Bertz CT molecular complexity index is 818. The fourth-order valence-electron chi connectivity index (χ4n) is 3.33. The Hall–Kier alpha value is -2.44. The first-order valence-electron chi connectivity index (χ1n) is 9.47. The molecule has 0 N–H and O–H groups in total. The van der Waals surface area contributed by atoms with Crippen LogP contribution in [-0.4, -0.2) is 5.97 Å². The second kappa shape index (κ2) is 8.97. The third-order valence-electron chi connectivity index (χ3n) is 4.62. The van der Waals surface area contributed by atoms with Crippen molar-refractivity contribution >= 4 is 29.4 Å². The van der Waals surface area contributed by atoms with E-state index in [-0.39, 0.29) is 5.97 Å². The van der Waals surface area contributed by atoms with E-state index in [9.17, 15) is 4.79 Å². The molecule has 0 fully saturated rings. The van der Waals surface area contributed by atoms with E-state index in [1.54, 1.807) is 0 Å². The quantitative estimate of drug-likeness (QED) is 0.553. The Kier molecular flexibility index (Phi) is 6.42. The van der Waals surface area contributed by atoms with Crippen molar-refractivity contribution in [1.29, 1.82) is 0 Å². The molecule has 0 amide bonds. The molecule has 0 aliphatic rings. The predicted octanol–water partition coefficient (Wildman–Crippen LogP) is 4.80. The summed E-state index contributed by atoms with van der Waals surface area (Å²) in [4.78, 5) is 12.2. The molecule has 0 radical (unpaired) electrons. The van der Waals surface area contributed by atoms with E-state index in [2.05, 4.69) is 55.5 Å². The smallest absolute Gasteiger partial charge is 0.297 e. The Morgan fingerprint density at radius 3 is 1.70 bits per heavy atom. The Morgan fingerprint density at radius 2 is 1.26 bits per heavy atom. The number of rotatable bonds is 7. The second-order valence-corrected chi connectivity index (χ2v) is 9.58. The van der Waals surface area contributed by atoms with E-state index in [1.165, 1.54) is 25.3 Å². The lowest BCUT2D eigenvalue weighted by Crippen LogP contribution is -2.34. The maximum absolute atomic E-state index is 12.2. The van der Waals surface area contributed by atoms with Crippen molar-refractivity contribution in [2.45, 2.75) is 33.1 Å². The highest BCUT2D eigenvalue weighted by Crippen LogP contribution is 2.56. The summed E-state index contributed by atoms with van der Waals surface area (Å²) in [5.74, 6) is -0.258. The molecule has 0 saturated carbocycles. The standard InChI is InChI=1S/C24H26O2P/c1-3-4-11-21-16-18-24(19-17-21)27(26-20(2)25,22-12-7-5-8-13-22)23-14-9-6-10-15-23/h5-10,12-19H,3-4,11H2,1-2H3/q+1. The molecule has 3 heteroatoms. The highest BCUT2D eigenvalue weighted by atomic mass is 31.2.